The van der Waals surface area contributed by atoms with Crippen molar-refractivity contribution >= 4 is 16.9 Å². The van der Waals surface area contributed by atoms with Gasteiger partial charge in [0.1, 0.15) is 17.1 Å². The summed E-state index contributed by atoms with van der Waals surface area (Å²) >= 11 is 0. The number of furan rings is 1. The van der Waals surface area contributed by atoms with Crippen LogP contribution in [0.25, 0.3) is 22.5 Å². The highest BCUT2D eigenvalue weighted by atomic mass is 16.5. The van der Waals surface area contributed by atoms with Gasteiger partial charge < -0.3 is 23.6 Å². The molecule has 1 unspecified atom stereocenters. The van der Waals surface area contributed by atoms with Crippen LogP contribution in [0.3, 0.4) is 0 Å². The van der Waals surface area contributed by atoms with Crippen LogP contribution in [0.2, 0.25) is 0 Å². The van der Waals surface area contributed by atoms with Crippen molar-refractivity contribution in [3.05, 3.63) is 45.8 Å². The fourth-order valence-electron chi connectivity index (χ4n) is 3.89. The molecule has 158 valence electrons. The standard InChI is InChI=1S/C23H25NO6/c1-13-21(26)14(2)23(27)30-22(13)20-10-17-9-18(6-7-19(17)29-20)28-12-16-5-4-8-24(11-16)15(3)25/h6-7,9-10,16,26H,4-5,8,11-12H2,1-3H3. The molecule has 1 aliphatic rings. The first-order valence-corrected chi connectivity index (χ1v) is 10.1. The molecule has 1 aliphatic heterocycles. The van der Waals surface area contributed by atoms with Gasteiger partial charge in [-0.1, -0.05) is 0 Å². The molecule has 0 radical (unpaired) electrons. The van der Waals surface area contributed by atoms with Crippen LogP contribution in [0, 0.1) is 19.8 Å². The zero-order valence-electron chi connectivity index (χ0n) is 17.4. The Morgan fingerprint density at radius 2 is 2.03 bits per heavy atom. The molecular weight excluding hydrogens is 386 g/mol. The molecule has 0 bridgehead atoms. The van der Waals surface area contributed by atoms with E-state index in [4.69, 9.17) is 13.6 Å². The van der Waals surface area contributed by atoms with Gasteiger partial charge in [-0.2, -0.15) is 0 Å². The second kappa shape index (κ2) is 7.89. The number of nitrogens with zero attached hydrogens (tertiary/aromatic N) is 1. The van der Waals surface area contributed by atoms with Crippen molar-refractivity contribution < 1.29 is 23.5 Å². The van der Waals surface area contributed by atoms with Crippen LogP contribution in [0.4, 0.5) is 0 Å². The number of likely N-dealkylation sites (tertiary alicyclic amines) is 1. The summed E-state index contributed by atoms with van der Waals surface area (Å²) in [5.41, 5.74) is 0.661. The maximum Gasteiger partial charge on any atom is 0.343 e. The van der Waals surface area contributed by atoms with Crippen LogP contribution in [-0.4, -0.2) is 35.6 Å². The van der Waals surface area contributed by atoms with Gasteiger partial charge >= 0.3 is 5.63 Å². The highest BCUT2D eigenvalue weighted by Gasteiger charge is 2.22. The van der Waals surface area contributed by atoms with Crippen LogP contribution in [0.15, 0.2) is 37.9 Å². The van der Waals surface area contributed by atoms with Gasteiger partial charge in [-0.25, -0.2) is 4.79 Å². The van der Waals surface area contributed by atoms with Crippen LogP contribution >= 0.6 is 0 Å². The van der Waals surface area contributed by atoms with Crippen LogP contribution in [-0.2, 0) is 4.79 Å². The molecule has 4 rings (SSSR count). The molecular formula is C23H25NO6. The Hall–Kier alpha value is -3.22. The van der Waals surface area contributed by atoms with E-state index in [9.17, 15) is 14.7 Å². The molecule has 1 amide bonds. The Kier molecular flexibility index (Phi) is 5.28. The summed E-state index contributed by atoms with van der Waals surface area (Å²) in [4.78, 5) is 25.4. The quantitative estimate of drug-likeness (QED) is 0.697. The van der Waals surface area contributed by atoms with Gasteiger partial charge in [0.2, 0.25) is 5.91 Å². The number of fused-ring (bicyclic) bond motifs is 1. The van der Waals surface area contributed by atoms with Crippen LogP contribution in [0.1, 0.15) is 30.9 Å². The monoisotopic (exact) mass is 411 g/mol. The van der Waals surface area contributed by atoms with Gasteiger partial charge in [-0.15, -0.1) is 0 Å². The third kappa shape index (κ3) is 3.79. The molecule has 0 saturated carbocycles. The Balaban J connectivity index is 1.54. The van der Waals surface area contributed by atoms with Gasteiger partial charge in [0.15, 0.2) is 11.5 Å². The van der Waals surface area contributed by atoms with Crippen molar-refractivity contribution in [2.45, 2.75) is 33.6 Å². The molecule has 7 nitrogen and oxygen atoms in total. The molecule has 0 aliphatic carbocycles. The topological polar surface area (TPSA) is 93.1 Å². The minimum atomic E-state index is -0.593. The Morgan fingerprint density at radius 3 is 2.80 bits per heavy atom. The highest BCUT2D eigenvalue weighted by Crippen LogP contribution is 2.34. The molecule has 7 heteroatoms. The summed E-state index contributed by atoms with van der Waals surface area (Å²) in [6.07, 6.45) is 2.03. The second-order valence-corrected chi connectivity index (χ2v) is 7.91. The van der Waals surface area contributed by atoms with Crippen molar-refractivity contribution in [2.75, 3.05) is 19.7 Å². The van der Waals surface area contributed by atoms with Gasteiger partial charge in [0.05, 0.1) is 12.2 Å². The number of rotatable bonds is 4. The number of aromatic hydroxyl groups is 1. The molecule has 30 heavy (non-hydrogen) atoms. The van der Waals surface area contributed by atoms with E-state index in [1.54, 1.807) is 26.0 Å². The average Bonchev–Trinajstić information content (AvgIpc) is 3.16. The van der Waals surface area contributed by atoms with Crippen LogP contribution in [0.5, 0.6) is 11.5 Å². The summed E-state index contributed by atoms with van der Waals surface area (Å²) in [7, 11) is 0. The molecule has 1 aromatic carbocycles. The van der Waals surface area contributed by atoms with E-state index >= 15 is 0 Å². The largest absolute Gasteiger partial charge is 0.507 e. The summed E-state index contributed by atoms with van der Waals surface area (Å²) < 4.78 is 17.2. The number of hydrogen-bond donors (Lipinski definition) is 1. The summed E-state index contributed by atoms with van der Waals surface area (Å²) in [5.74, 6) is 1.63. The lowest BCUT2D eigenvalue weighted by Gasteiger charge is -2.31. The van der Waals surface area contributed by atoms with E-state index in [0.29, 0.717) is 35.2 Å². The maximum atomic E-state index is 11.9. The zero-order chi connectivity index (χ0) is 21.4. The Bertz CT molecular complexity index is 1160. The lowest BCUT2D eigenvalue weighted by atomic mass is 9.99. The van der Waals surface area contributed by atoms with E-state index < -0.39 is 5.63 Å². The molecule has 1 atom stereocenters. The van der Waals surface area contributed by atoms with Gasteiger partial charge in [-0.3, -0.25) is 4.79 Å². The molecule has 1 N–H and O–H groups in total. The number of piperidine rings is 1. The van der Waals surface area contributed by atoms with Crippen molar-refractivity contribution in [3.63, 3.8) is 0 Å². The van der Waals surface area contributed by atoms with Crippen molar-refractivity contribution in [3.8, 4) is 23.0 Å². The van der Waals surface area contributed by atoms with Gasteiger partial charge in [-0.05, 0) is 51.0 Å². The second-order valence-electron chi connectivity index (χ2n) is 7.91. The first kappa shape index (κ1) is 20.1. The molecule has 1 saturated heterocycles. The first-order chi connectivity index (χ1) is 14.3. The lowest BCUT2D eigenvalue weighted by Crippen LogP contribution is -2.40. The maximum absolute atomic E-state index is 11.9. The molecule has 3 aromatic rings. The minimum Gasteiger partial charge on any atom is -0.507 e. The summed E-state index contributed by atoms with van der Waals surface area (Å²) in [6, 6.07) is 7.27. The first-order valence-electron chi connectivity index (χ1n) is 10.1. The minimum absolute atomic E-state index is 0.0854. The molecule has 0 spiro atoms. The number of carbonyl (C=O) groups excluding carboxylic acids is 1. The zero-order valence-corrected chi connectivity index (χ0v) is 17.4. The number of ether oxygens (including phenoxy) is 1. The SMILES string of the molecule is CC(=O)N1CCCC(COc2ccc3oc(-c4oc(=O)c(C)c(O)c4C)cc3c2)C1. The van der Waals surface area contributed by atoms with Crippen molar-refractivity contribution in [1.29, 1.82) is 0 Å². The van der Waals surface area contributed by atoms with Crippen LogP contribution < -0.4 is 10.4 Å². The van der Waals surface area contributed by atoms with Gasteiger partial charge in [0, 0.05) is 36.9 Å². The summed E-state index contributed by atoms with van der Waals surface area (Å²) in [6.45, 7) is 6.88. The average molecular weight is 411 g/mol. The van der Waals surface area contributed by atoms with E-state index in [0.717, 1.165) is 31.3 Å². The fraction of sp³-hybridized carbons (Fsp3) is 0.391. The molecule has 2 aromatic heterocycles. The van der Waals surface area contributed by atoms with Crippen molar-refractivity contribution in [1.82, 2.24) is 4.90 Å². The Labute approximate surface area is 173 Å². The Morgan fingerprint density at radius 1 is 1.23 bits per heavy atom. The smallest absolute Gasteiger partial charge is 0.343 e. The van der Waals surface area contributed by atoms with E-state index in [2.05, 4.69) is 0 Å². The van der Waals surface area contributed by atoms with Crippen molar-refractivity contribution in [2.24, 2.45) is 5.92 Å². The predicted molar refractivity (Wildman–Crippen MR) is 112 cm³/mol. The fourth-order valence-corrected chi connectivity index (χ4v) is 3.89. The van der Waals surface area contributed by atoms with E-state index in [1.807, 2.05) is 17.0 Å². The normalized spacial score (nSPS) is 16.8. The van der Waals surface area contributed by atoms with E-state index in [-0.39, 0.29) is 23.0 Å². The summed E-state index contributed by atoms with van der Waals surface area (Å²) in [5, 5.41) is 11.0. The van der Waals surface area contributed by atoms with E-state index in [1.165, 1.54) is 6.92 Å². The lowest BCUT2D eigenvalue weighted by molar-refractivity contribution is -0.130. The molecule has 1 fully saturated rings. The number of amides is 1. The highest BCUT2D eigenvalue weighted by molar-refractivity contribution is 5.84. The van der Waals surface area contributed by atoms with Gasteiger partial charge in [0.25, 0.3) is 0 Å². The number of carbonyl (C=O) groups is 1. The molecule has 3 heterocycles. The number of hydrogen-bond acceptors (Lipinski definition) is 6. The number of benzene rings is 1. The third-order valence-corrected chi connectivity index (χ3v) is 5.71. The predicted octanol–water partition coefficient (Wildman–Crippen LogP) is 4.01. The third-order valence-electron chi connectivity index (χ3n) is 5.71.